The molecule has 0 fully saturated rings. The zero-order valence-electron chi connectivity index (χ0n) is 24.5. The van der Waals surface area contributed by atoms with Crippen LogP contribution < -0.4 is 0 Å². The molecule has 0 N–H and O–H groups in total. The van der Waals surface area contributed by atoms with E-state index in [1.807, 2.05) is 78.6 Å². The summed E-state index contributed by atoms with van der Waals surface area (Å²) >= 11 is 1.52. The highest BCUT2D eigenvalue weighted by atomic mass is 32.1. The summed E-state index contributed by atoms with van der Waals surface area (Å²) in [6, 6.07) is 27.2. The number of fused-ring (bicyclic) bond motifs is 1. The van der Waals surface area contributed by atoms with Gasteiger partial charge >= 0.3 is 0 Å². The van der Waals surface area contributed by atoms with Gasteiger partial charge in [0.25, 0.3) is 0 Å². The monoisotopic (exact) mass is 599 g/mol. The van der Waals surface area contributed by atoms with Gasteiger partial charge < -0.3 is 9.80 Å². The van der Waals surface area contributed by atoms with Gasteiger partial charge in [0, 0.05) is 61.2 Å². The highest BCUT2D eigenvalue weighted by Crippen LogP contribution is 2.24. The van der Waals surface area contributed by atoms with Gasteiger partial charge in [0.1, 0.15) is 6.04 Å². The van der Waals surface area contributed by atoms with E-state index in [0.717, 1.165) is 38.6 Å². The molecule has 44 heavy (non-hydrogen) atoms. The van der Waals surface area contributed by atoms with E-state index in [1.54, 1.807) is 41.7 Å². The molecule has 3 heterocycles. The normalized spacial score (nSPS) is 13.4. The first-order chi connectivity index (χ1) is 21.5. The molecule has 8 heteroatoms. The maximum Gasteiger partial charge on any atom is 0.247 e. The Kier molecular flexibility index (Phi) is 8.98. The quantitative estimate of drug-likeness (QED) is 0.190. The number of thiazole rings is 1. The number of aromatic nitrogens is 3. The standard InChI is InChI=1S/C36H33N5O2S/c1-26-39-23-32(44-26)16-17-34(42)41(24-28-12-14-30(15-13-28)35-37-19-7-20-38-35)33(22-27-8-3-2-4-9-27)36(43)40-21-18-29-10-5-6-11-31(29)25-40/h2-17,19-20,23,33H,18,21-22,24-25H2,1H3/t33-/m0/s1. The lowest BCUT2D eigenvalue weighted by molar-refractivity contribution is -0.144. The molecule has 6 rings (SSSR count). The Morgan fingerprint density at radius 3 is 2.34 bits per heavy atom. The maximum atomic E-state index is 14.4. The summed E-state index contributed by atoms with van der Waals surface area (Å²) < 4.78 is 0. The average molecular weight is 600 g/mol. The van der Waals surface area contributed by atoms with Crippen LogP contribution >= 0.6 is 11.3 Å². The SMILES string of the molecule is Cc1ncc(C=CC(=O)N(Cc2ccc(-c3ncccn3)cc2)[C@@H](Cc2ccccc2)C(=O)N2CCc3ccccc3C2)s1. The fourth-order valence-electron chi connectivity index (χ4n) is 5.51. The van der Waals surface area contributed by atoms with E-state index in [0.29, 0.717) is 25.3 Å². The number of rotatable bonds is 9. The lowest BCUT2D eigenvalue weighted by Gasteiger charge is -2.37. The number of amides is 2. The molecule has 0 radical (unpaired) electrons. The minimum Gasteiger partial charge on any atom is -0.336 e. The van der Waals surface area contributed by atoms with E-state index in [1.165, 1.54) is 16.9 Å². The minimum absolute atomic E-state index is 0.0481. The zero-order valence-corrected chi connectivity index (χ0v) is 25.4. The summed E-state index contributed by atoms with van der Waals surface area (Å²) in [4.78, 5) is 46.0. The van der Waals surface area contributed by atoms with Crippen molar-refractivity contribution in [2.45, 2.75) is 38.9 Å². The van der Waals surface area contributed by atoms with Crippen LogP contribution in [-0.2, 0) is 35.5 Å². The molecule has 220 valence electrons. The predicted octanol–water partition coefficient (Wildman–Crippen LogP) is 6.15. The van der Waals surface area contributed by atoms with E-state index in [4.69, 9.17) is 0 Å². The van der Waals surface area contributed by atoms with Crippen molar-refractivity contribution in [1.82, 2.24) is 24.8 Å². The molecule has 0 aliphatic carbocycles. The summed E-state index contributed by atoms with van der Waals surface area (Å²) in [5, 5.41) is 0.930. The molecule has 0 saturated carbocycles. The molecule has 0 spiro atoms. The van der Waals surface area contributed by atoms with Crippen molar-refractivity contribution >= 4 is 29.2 Å². The molecule has 5 aromatic rings. The van der Waals surface area contributed by atoms with Crippen molar-refractivity contribution in [3.8, 4) is 11.4 Å². The smallest absolute Gasteiger partial charge is 0.247 e. The predicted molar refractivity (Wildman–Crippen MR) is 173 cm³/mol. The molecule has 0 unspecified atom stereocenters. The summed E-state index contributed by atoms with van der Waals surface area (Å²) in [5.41, 5.74) is 5.23. The molecule has 1 aliphatic heterocycles. The molecular weight excluding hydrogens is 566 g/mol. The lowest BCUT2D eigenvalue weighted by atomic mass is 9.97. The molecule has 0 saturated heterocycles. The van der Waals surface area contributed by atoms with E-state index in [2.05, 4.69) is 27.1 Å². The largest absolute Gasteiger partial charge is 0.336 e. The van der Waals surface area contributed by atoms with Gasteiger partial charge in [-0.25, -0.2) is 15.0 Å². The van der Waals surface area contributed by atoms with Crippen LogP contribution in [-0.4, -0.2) is 49.2 Å². The van der Waals surface area contributed by atoms with E-state index in [-0.39, 0.29) is 18.4 Å². The van der Waals surface area contributed by atoms with Gasteiger partial charge in [0.2, 0.25) is 11.8 Å². The molecule has 3 aromatic carbocycles. The van der Waals surface area contributed by atoms with E-state index >= 15 is 0 Å². The van der Waals surface area contributed by atoms with Crippen LogP contribution in [0.4, 0.5) is 0 Å². The number of hydrogen-bond acceptors (Lipinski definition) is 6. The Morgan fingerprint density at radius 1 is 0.886 bits per heavy atom. The molecule has 2 amide bonds. The molecule has 2 aromatic heterocycles. The van der Waals surface area contributed by atoms with Gasteiger partial charge in [-0.05, 0) is 47.7 Å². The van der Waals surface area contributed by atoms with Crippen molar-refractivity contribution in [2.75, 3.05) is 6.54 Å². The van der Waals surface area contributed by atoms with Crippen LogP contribution in [0, 0.1) is 6.92 Å². The van der Waals surface area contributed by atoms with Gasteiger partial charge in [-0.3, -0.25) is 9.59 Å². The highest BCUT2D eigenvalue weighted by Gasteiger charge is 2.34. The van der Waals surface area contributed by atoms with Gasteiger partial charge in [-0.1, -0.05) is 78.9 Å². The van der Waals surface area contributed by atoms with Crippen LogP contribution in [0.15, 0.2) is 110 Å². The van der Waals surface area contributed by atoms with Crippen molar-refractivity contribution in [3.05, 3.63) is 142 Å². The summed E-state index contributed by atoms with van der Waals surface area (Å²) in [6.07, 6.45) is 9.75. The third-order valence-corrected chi connectivity index (χ3v) is 8.70. The summed E-state index contributed by atoms with van der Waals surface area (Å²) in [7, 11) is 0. The fraction of sp³-hybridized carbons (Fsp3) is 0.194. The number of aryl methyl sites for hydroxylation is 1. The average Bonchev–Trinajstić information content (AvgIpc) is 3.50. The first-order valence-corrected chi connectivity index (χ1v) is 15.5. The van der Waals surface area contributed by atoms with Crippen LogP contribution in [0.2, 0.25) is 0 Å². The van der Waals surface area contributed by atoms with Crippen LogP contribution in [0.5, 0.6) is 0 Å². The minimum atomic E-state index is -0.694. The van der Waals surface area contributed by atoms with Gasteiger partial charge in [0.15, 0.2) is 5.82 Å². The highest BCUT2D eigenvalue weighted by molar-refractivity contribution is 7.12. The number of benzene rings is 3. The van der Waals surface area contributed by atoms with Gasteiger partial charge in [0.05, 0.1) is 5.01 Å². The third kappa shape index (κ3) is 6.98. The molecule has 7 nitrogen and oxygen atoms in total. The Morgan fingerprint density at radius 2 is 1.61 bits per heavy atom. The number of hydrogen-bond donors (Lipinski definition) is 0. The van der Waals surface area contributed by atoms with Crippen LogP contribution in [0.1, 0.15) is 32.1 Å². The molecule has 0 bridgehead atoms. The Balaban J connectivity index is 1.34. The van der Waals surface area contributed by atoms with Gasteiger partial charge in [-0.2, -0.15) is 0 Å². The van der Waals surface area contributed by atoms with Crippen molar-refractivity contribution in [3.63, 3.8) is 0 Å². The fourth-order valence-corrected chi connectivity index (χ4v) is 6.20. The number of carbonyl (C=O) groups is 2. The maximum absolute atomic E-state index is 14.4. The number of nitrogens with zero attached hydrogens (tertiary/aromatic N) is 5. The number of carbonyl (C=O) groups excluding carboxylic acids is 2. The molecule has 1 atom stereocenters. The first-order valence-electron chi connectivity index (χ1n) is 14.7. The Bertz CT molecular complexity index is 1750. The Hall–Kier alpha value is -4.95. The molecular formula is C36H33N5O2S. The second-order valence-electron chi connectivity index (χ2n) is 10.8. The van der Waals surface area contributed by atoms with Gasteiger partial charge in [-0.15, -0.1) is 11.3 Å². The van der Waals surface area contributed by atoms with Crippen molar-refractivity contribution < 1.29 is 9.59 Å². The van der Waals surface area contributed by atoms with Crippen molar-refractivity contribution in [2.24, 2.45) is 0 Å². The molecule has 1 aliphatic rings. The summed E-state index contributed by atoms with van der Waals surface area (Å²) in [6.45, 7) is 3.36. The first kappa shape index (κ1) is 29.1. The Labute approximate surface area is 261 Å². The third-order valence-electron chi connectivity index (χ3n) is 7.82. The van der Waals surface area contributed by atoms with E-state index < -0.39 is 6.04 Å². The summed E-state index contributed by atoms with van der Waals surface area (Å²) in [5.74, 6) is 0.364. The van der Waals surface area contributed by atoms with E-state index in [9.17, 15) is 9.59 Å². The second kappa shape index (κ2) is 13.6. The van der Waals surface area contributed by atoms with Crippen molar-refractivity contribution in [1.29, 1.82) is 0 Å². The van der Waals surface area contributed by atoms with Crippen LogP contribution in [0.3, 0.4) is 0 Å². The second-order valence-corrected chi connectivity index (χ2v) is 12.1. The lowest BCUT2D eigenvalue weighted by Crippen LogP contribution is -2.52. The topological polar surface area (TPSA) is 79.3 Å². The zero-order chi connectivity index (χ0) is 30.3. The van der Waals surface area contributed by atoms with Crippen LogP contribution in [0.25, 0.3) is 17.5 Å².